The molecule has 0 aromatic heterocycles. The van der Waals surface area contributed by atoms with Gasteiger partial charge in [-0.3, -0.25) is 14.0 Å². The van der Waals surface area contributed by atoms with Gasteiger partial charge in [0.25, 0.3) is 0 Å². The number of nitrogens with zero attached hydrogens (tertiary/aromatic N) is 2. The molecular weight excluding hydrogens is 485 g/mol. The normalized spacial score (nSPS) is 16.4. The van der Waals surface area contributed by atoms with Crippen molar-refractivity contribution < 1.29 is 28.0 Å². The predicted octanol–water partition coefficient (Wildman–Crippen LogP) is 3.48. The van der Waals surface area contributed by atoms with Crippen LogP contribution in [0.15, 0.2) is 22.1 Å². The van der Waals surface area contributed by atoms with E-state index in [2.05, 4.69) is 9.98 Å². The summed E-state index contributed by atoms with van der Waals surface area (Å²) in [6.45, 7) is 13.8. The molecule has 34 heavy (non-hydrogen) atoms. The molecule has 9 nitrogen and oxygen atoms in total. The van der Waals surface area contributed by atoms with Crippen molar-refractivity contribution in [1.29, 1.82) is 0 Å². The number of aliphatic imine (C=N–C) groups is 2. The third kappa shape index (κ3) is 8.70. The third-order valence-electron chi connectivity index (χ3n) is 5.02. The second-order valence-corrected chi connectivity index (χ2v) is 11.6. The number of rotatable bonds is 9. The van der Waals surface area contributed by atoms with E-state index in [4.69, 9.17) is 19.3 Å². The molecule has 1 aromatic rings. The maximum absolute atomic E-state index is 13.1. The SMILES string of the molecule is CCOP(=O)(OCc1cc(C(C)(C)C)c(O)c(C(C)(C)C)c1)OC(=O)[C@@H](N)CC1=NC=NC1.[CaH2]. The van der Waals surface area contributed by atoms with Crippen LogP contribution >= 0.6 is 7.82 Å². The first-order chi connectivity index (χ1) is 15.2. The second-order valence-electron chi connectivity index (χ2n) is 10.1. The Morgan fingerprint density at radius 2 is 1.71 bits per heavy atom. The fourth-order valence-electron chi connectivity index (χ4n) is 3.26. The van der Waals surface area contributed by atoms with Crippen molar-refractivity contribution >= 4 is 63.6 Å². The van der Waals surface area contributed by atoms with Crippen molar-refractivity contribution in [3.05, 3.63) is 28.8 Å². The fraction of sp³-hybridized carbons (Fsp3) is 0.609. The van der Waals surface area contributed by atoms with Crippen LogP contribution in [0.25, 0.3) is 0 Å². The van der Waals surface area contributed by atoms with Gasteiger partial charge in [0.05, 0.1) is 19.8 Å². The van der Waals surface area contributed by atoms with Crippen LogP contribution in [0.3, 0.4) is 0 Å². The van der Waals surface area contributed by atoms with Crippen molar-refractivity contribution in [2.75, 3.05) is 13.2 Å². The Kier molecular flexibility index (Phi) is 11.4. The molecule has 0 saturated carbocycles. The van der Waals surface area contributed by atoms with Crippen molar-refractivity contribution in [1.82, 2.24) is 0 Å². The van der Waals surface area contributed by atoms with Gasteiger partial charge in [-0.05, 0) is 46.6 Å². The first-order valence-electron chi connectivity index (χ1n) is 10.9. The summed E-state index contributed by atoms with van der Waals surface area (Å²) < 4.78 is 28.9. The summed E-state index contributed by atoms with van der Waals surface area (Å²) in [6, 6.07) is 2.52. The predicted molar refractivity (Wildman–Crippen MR) is 138 cm³/mol. The molecule has 0 aliphatic carbocycles. The maximum atomic E-state index is 13.1. The van der Waals surface area contributed by atoms with Gasteiger partial charge >= 0.3 is 51.5 Å². The number of aromatic hydroxyl groups is 1. The Labute approximate surface area is 232 Å². The number of carbonyl (C=O) groups excluding carboxylic acids is 1. The van der Waals surface area contributed by atoms with Gasteiger partial charge in [0.15, 0.2) is 0 Å². The molecule has 0 radical (unpaired) electrons. The quantitative estimate of drug-likeness (QED) is 0.374. The zero-order valence-electron chi connectivity index (χ0n) is 20.5. The molecule has 0 fully saturated rings. The molecule has 188 valence electrons. The van der Waals surface area contributed by atoms with Gasteiger partial charge in [-0.2, -0.15) is 0 Å². The van der Waals surface area contributed by atoms with Crippen LogP contribution in [0.1, 0.15) is 71.6 Å². The molecule has 1 aromatic carbocycles. The number of hydrogen-bond acceptors (Lipinski definition) is 9. The summed E-state index contributed by atoms with van der Waals surface area (Å²) in [7, 11) is -4.23. The molecular formula is C23H38CaN3O6P. The summed E-state index contributed by atoms with van der Waals surface area (Å²) in [5, 5.41) is 10.9. The Bertz CT molecular complexity index is 947. The summed E-state index contributed by atoms with van der Waals surface area (Å²) in [5.74, 6) is -0.680. The molecule has 1 unspecified atom stereocenters. The number of phosphoric ester groups is 1. The summed E-state index contributed by atoms with van der Waals surface area (Å²) in [6.07, 6.45) is 1.53. The van der Waals surface area contributed by atoms with Gasteiger partial charge in [0.2, 0.25) is 0 Å². The first-order valence-corrected chi connectivity index (χ1v) is 12.4. The van der Waals surface area contributed by atoms with E-state index in [0.29, 0.717) is 17.8 Å². The molecule has 2 rings (SSSR count). The number of hydrogen-bond donors (Lipinski definition) is 2. The van der Waals surface area contributed by atoms with Crippen LogP contribution in [0, 0.1) is 0 Å². The summed E-state index contributed by atoms with van der Waals surface area (Å²) >= 11 is 0. The summed E-state index contributed by atoms with van der Waals surface area (Å²) in [4.78, 5) is 20.4. The van der Waals surface area contributed by atoms with Crippen molar-refractivity contribution in [3.63, 3.8) is 0 Å². The van der Waals surface area contributed by atoms with E-state index >= 15 is 0 Å². The van der Waals surface area contributed by atoms with Gasteiger partial charge in [-0.15, -0.1) is 0 Å². The van der Waals surface area contributed by atoms with E-state index in [0.717, 1.165) is 11.1 Å². The Morgan fingerprint density at radius 3 is 2.15 bits per heavy atom. The van der Waals surface area contributed by atoms with Crippen LogP contribution in [-0.4, -0.2) is 80.1 Å². The molecule has 0 saturated heterocycles. The fourth-order valence-corrected chi connectivity index (χ4v) is 4.42. The standard InChI is InChI=1S/C23H36N3O6P.Ca.2H/c1-8-30-33(29,32-21(28)19(24)11-16-12-25-14-26-16)31-13-15-9-17(22(2,3)4)20(27)18(10-15)23(5,6)7;;;/h9-10,14,19,27H,8,11-13,24H2,1-7H3;;;/t19-,33?;;;/m0.../s1. The Balaban J connectivity index is 0.00000578. The number of nitrogens with two attached hydrogens (primary N) is 1. The zero-order valence-corrected chi connectivity index (χ0v) is 21.4. The third-order valence-corrected chi connectivity index (χ3v) is 6.44. The number of phosphoric acid groups is 1. The molecule has 0 bridgehead atoms. The summed E-state index contributed by atoms with van der Waals surface area (Å²) in [5.41, 5.74) is 7.99. The molecule has 0 amide bonds. The molecule has 0 spiro atoms. The minimum absolute atomic E-state index is 0. The number of phenolic OH excluding ortho intramolecular Hbond substituents is 1. The van der Waals surface area contributed by atoms with Crippen molar-refractivity contribution in [2.24, 2.45) is 15.7 Å². The number of phenols is 1. The van der Waals surface area contributed by atoms with E-state index in [9.17, 15) is 14.5 Å². The van der Waals surface area contributed by atoms with Crippen LogP contribution in [0.5, 0.6) is 5.75 Å². The molecule has 11 heteroatoms. The average Bonchev–Trinajstić information content (AvgIpc) is 3.18. The molecule has 2 atom stereocenters. The van der Waals surface area contributed by atoms with E-state index in [-0.39, 0.29) is 74.0 Å². The van der Waals surface area contributed by atoms with Gasteiger partial charge < -0.3 is 15.4 Å². The van der Waals surface area contributed by atoms with Crippen LogP contribution < -0.4 is 5.73 Å². The second kappa shape index (κ2) is 12.4. The van der Waals surface area contributed by atoms with E-state index in [1.807, 2.05) is 41.5 Å². The van der Waals surface area contributed by atoms with Gasteiger partial charge in [0.1, 0.15) is 18.1 Å². The van der Waals surface area contributed by atoms with E-state index in [1.54, 1.807) is 19.1 Å². The minimum atomic E-state index is -4.23. The van der Waals surface area contributed by atoms with Crippen LogP contribution in [-0.2, 0) is 40.4 Å². The van der Waals surface area contributed by atoms with Crippen molar-refractivity contribution in [2.45, 2.75) is 78.4 Å². The first kappa shape index (κ1) is 31.2. The molecule has 1 aliphatic heterocycles. The van der Waals surface area contributed by atoms with E-state index in [1.165, 1.54) is 6.34 Å². The topological polar surface area (TPSA) is 133 Å². The van der Waals surface area contributed by atoms with Crippen molar-refractivity contribution in [3.8, 4) is 5.75 Å². The number of benzene rings is 1. The monoisotopic (exact) mass is 523 g/mol. The average molecular weight is 524 g/mol. The van der Waals surface area contributed by atoms with E-state index < -0.39 is 19.8 Å². The molecule has 1 aliphatic rings. The Morgan fingerprint density at radius 1 is 1.15 bits per heavy atom. The van der Waals surface area contributed by atoms with Gasteiger partial charge in [0, 0.05) is 12.1 Å². The van der Waals surface area contributed by atoms with Gasteiger partial charge in [-0.1, -0.05) is 41.5 Å². The van der Waals surface area contributed by atoms with Gasteiger partial charge in [-0.25, -0.2) is 14.4 Å². The number of carbonyl (C=O) groups is 1. The molecule has 1 heterocycles. The molecule has 3 N–H and O–H groups in total. The Hall–Kier alpha value is -0.800. The van der Waals surface area contributed by atoms with Crippen LogP contribution in [0.4, 0.5) is 0 Å². The van der Waals surface area contributed by atoms with Crippen LogP contribution in [0.2, 0.25) is 0 Å². The zero-order chi connectivity index (χ0) is 25.0.